The molecule has 1 aromatic carbocycles. The third kappa shape index (κ3) is 2.32. The number of hydrogen-bond acceptors (Lipinski definition) is 3. The van der Waals surface area contributed by atoms with Crippen LogP contribution in [0.1, 0.15) is 25.3 Å². The molecule has 0 N–H and O–H groups in total. The van der Waals surface area contributed by atoms with Crippen molar-refractivity contribution in [2.45, 2.75) is 32.2 Å². The second-order valence-electron chi connectivity index (χ2n) is 5.09. The van der Waals surface area contributed by atoms with Gasteiger partial charge < -0.3 is 14.4 Å². The van der Waals surface area contributed by atoms with Gasteiger partial charge in [-0.25, -0.2) is 0 Å². The number of anilines is 1. The Morgan fingerprint density at radius 3 is 2.89 bits per heavy atom. The summed E-state index contributed by atoms with van der Waals surface area (Å²) in [4.78, 5) is 14.0. The summed E-state index contributed by atoms with van der Waals surface area (Å²) in [5.41, 5.74) is 2.24. The monoisotopic (exact) mass is 261 g/mol. The highest BCUT2D eigenvalue weighted by Crippen LogP contribution is 2.33. The molecule has 1 aromatic rings. The summed E-state index contributed by atoms with van der Waals surface area (Å²) in [7, 11) is 0. The van der Waals surface area contributed by atoms with E-state index in [0.717, 1.165) is 30.9 Å². The Morgan fingerprint density at radius 2 is 2.21 bits per heavy atom. The van der Waals surface area contributed by atoms with Crippen molar-refractivity contribution in [3.63, 3.8) is 0 Å². The molecule has 0 saturated carbocycles. The summed E-state index contributed by atoms with van der Waals surface area (Å²) in [5.74, 6) is 1.11. The zero-order valence-electron chi connectivity index (χ0n) is 11.2. The molecule has 0 radical (unpaired) electrons. The maximum atomic E-state index is 12.1. The normalized spacial score (nSPS) is 19.0. The van der Waals surface area contributed by atoms with Crippen LogP contribution in [0.5, 0.6) is 5.75 Å². The molecule has 4 nitrogen and oxygen atoms in total. The highest BCUT2D eigenvalue weighted by atomic mass is 16.5. The zero-order valence-corrected chi connectivity index (χ0v) is 11.2. The summed E-state index contributed by atoms with van der Waals surface area (Å²) in [5, 5.41) is 0. The lowest BCUT2D eigenvalue weighted by Gasteiger charge is -2.40. The van der Waals surface area contributed by atoms with Crippen LogP contribution >= 0.6 is 0 Å². The van der Waals surface area contributed by atoms with Crippen LogP contribution in [-0.2, 0) is 16.0 Å². The van der Waals surface area contributed by atoms with Gasteiger partial charge in [0, 0.05) is 12.1 Å². The van der Waals surface area contributed by atoms with Crippen molar-refractivity contribution in [3.8, 4) is 5.75 Å². The number of amides is 1. The lowest BCUT2D eigenvalue weighted by atomic mass is 9.98. The molecule has 102 valence electrons. The van der Waals surface area contributed by atoms with E-state index < -0.39 is 0 Å². The van der Waals surface area contributed by atoms with Gasteiger partial charge in [-0.05, 0) is 36.6 Å². The van der Waals surface area contributed by atoms with E-state index in [1.54, 1.807) is 0 Å². The van der Waals surface area contributed by atoms with Crippen molar-refractivity contribution in [1.82, 2.24) is 0 Å². The Labute approximate surface area is 113 Å². The van der Waals surface area contributed by atoms with Gasteiger partial charge in [0.1, 0.15) is 5.75 Å². The number of fused-ring (bicyclic) bond motifs is 1. The van der Waals surface area contributed by atoms with Crippen LogP contribution in [0.3, 0.4) is 0 Å². The second kappa shape index (κ2) is 5.21. The number of nitrogens with zero attached hydrogens (tertiary/aromatic N) is 1. The van der Waals surface area contributed by atoms with Gasteiger partial charge in [-0.1, -0.05) is 6.92 Å². The molecule has 2 aliphatic rings. The Balaban J connectivity index is 1.86. The van der Waals surface area contributed by atoms with Crippen molar-refractivity contribution in [2.24, 2.45) is 0 Å². The molecule has 1 fully saturated rings. The zero-order chi connectivity index (χ0) is 13.2. The van der Waals surface area contributed by atoms with E-state index in [2.05, 4.69) is 13.0 Å². The Kier molecular flexibility index (Phi) is 3.42. The molecule has 0 unspecified atom stereocenters. The van der Waals surface area contributed by atoms with Gasteiger partial charge in [-0.3, -0.25) is 4.79 Å². The van der Waals surface area contributed by atoms with Gasteiger partial charge in [-0.15, -0.1) is 0 Å². The molecular weight excluding hydrogens is 242 g/mol. The first-order valence-corrected chi connectivity index (χ1v) is 6.95. The highest BCUT2D eigenvalue weighted by Gasteiger charge is 2.34. The molecule has 1 saturated heterocycles. The summed E-state index contributed by atoms with van der Waals surface area (Å²) >= 11 is 0. The van der Waals surface area contributed by atoms with E-state index in [-0.39, 0.29) is 11.9 Å². The number of rotatable bonds is 4. The van der Waals surface area contributed by atoms with E-state index in [0.29, 0.717) is 19.6 Å². The SMILES string of the molecule is CCCOc1ccc2c(c1)CCC(=O)N2C1COC1. The standard InChI is InChI=1S/C15H19NO3/c1-2-7-19-13-4-5-14-11(8-13)3-6-15(17)16(14)12-9-18-10-12/h4-5,8,12H,2-3,6-7,9-10H2,1H3. The van der Waals surface area contributed by atoms with Gasteiger partial charge in [0.15, 0.2) is 0 Å². The van der Waals surface area contributed by atoms with Crippen LogP contribution in [0.15, 0.2) is 18.2 Å². The minimum absolute atomic E-state index is 0.211. The van der Waals surface area contributed by atoms with Crippen LogP contribution in [0.2, 0.25) is 0 Å². The van der Waals surface area contributed by atoms with Crippen molar-refractivity contribution >= 4 is 11.6 Å². The minimum atomic E-state index is 0.211. The maximum Gasteiger partial charge on any atom is 0.227 e. The van der Waals surface area contributed by atoms with Crippen molar-refractivity contribution in [1.29, 1.82) is 0 Å². The van der Waals surface area contributed by atoms with Crippen molar-refractivity contribution in [2.75, 3.05) is 24.7 Å². The molecule has 4 heteroatoms. The van der Waals surface area contributed by atoms with Crippen LogP contribution in [-0.4, -0.2) is 31.8 Å². The fourth-order valence-electron chi connectivity index (χ4n) is 2.58. The van der Waals surface area contributed by atoms with Gasteiger partial charge in [0.2, 0.25) is 5.91 Å². The quantitative estimate of drug-likeness (QED) is 0.833. The average Bonchev–Trinajstić information content (AvgIpc) is 2.37. The largest absolute Gasteiger partial charge is 0.494 e. The summed E-state index contributed by atoms with van der Waals surface area (Å²) < 4.78 is 10.9. The first kappa shape index (κ1) is 12.5. The van der Waals surface area contributed by atoms with Crippen LogP contribution < -0.4 is 9.64 Å². The maximum absolute atomic E-state index is 12.1. The fourth-order valence-corrected chi connectivity index (χ4v) is 2.58. The molecule has 2 heterocycles. The molecule has 0 bridgehead atoms. The van der Waals surface area contributed by atoms with E-state index in [4.69, 9.17) is 9.47 Å². The van der Waals surface area contributed by atoms with Gasteiger partial charge in [0.05, 0.1) is 25.9 Å². The molecule has 3 rings (SSSR count). The summed E-state index contributed by atoms with van der Waals surface area (Å²) in [6.07, 6.45) is 2.39. The lowest BCUT2D eigenvalue weighted by molar-refractivity contribution is -0.121. The Bertz CT molecular complexity index is 482. The molecule has 0 aliphatic carbocycles. The predicted octanol–water partition coefficient (Wildman–Crippen LogP) is 2.15. The molecule has 0 aromatic heterocycles. The molecule has 2 aliphatic heterocycles. The van der Waals surface area contributed by atoms with Gasteiger partial charge in [0.25, 0.3) is 0 Å². The van der Waals surface area contributed by atoms with E-state index in [1.807, 2.05) is 17.0 Å². The van der Waals surface area contributed by atoms with Gasteiger partial charge in [-0.2, -0.15) is 0 Å². The van der Waals surface area contributed by atoms with Crippen LogP contribution in [0.4, 0.5) is 5.69 Å². The topological polar surface area (TPSA) is 38.8 Å². The number of ether oxygens (including phenoxy) is 2. The van der Waals surface area contributed by atoms with E-state index in [9.17, 15) is 4.79 Å². The Hall–Kier alpha value is -1.55. The molecule has 19 heavy (non-hydrogen) atoms. The van der Waals surface area contributed by atoms with Crippen molar-refractivity contribution < 1.29 is 14.3 Å². The molecule has 1 amide bonds. The third-order valence-corrected chi connectivity index (χ3v) is 3.65. The van der Waals surface area contributed by atoms with Gasteiger partial charge >= 0.3 is 0 Å². The molecular formula is C15H19NO3. The predicted molar refractivity (Wildman–Crippen MR) is 72.6 cm³/mol. The number of aryl methyl sites for hydroxylation is 1. The smallest absolute Gasteiger partial charge is 0.227 e. The van der Waals surface area contributed by atoms with Crippen LogP contribution in [0.25, 0.3) is 0 Å². The number of hydrogen-bond donors (Lipinski definition) is 0. The average molecular weight is 261 g/mol. The number of carbonyl (C=O) groups excluding carboxylic acids is 1. The third-order valence-electron chi connectivity index (χ3n) is 3.65. The fraction of sp³-hybridized carbons (Fsp3) is 0.533. The van der Waals surface area contributed by atoms with Crippen LogP contribution in [0, 0.1) is 0 Å². The van der Waals surface area contributed by atoms with E-state index >= 15 is 0 Å². The number of carbonyl (C=O) groups is 1. The highest BCUT2D eigenvalue weighted by molar-refractivity contribution is 5.97. The van der Waals surface area contributed by atoms with E-state index in [1.165, 1.54) is 5.56 Å². The summed E-state index contributed by atoms with van der Waals surface area (Å²) in [6.45, 7) is 4.13. The first-order chi connectivity index (χ1) is 9.29. The first-order valence-electron chi connectivity index (χ1n) is 6.95. The molecule has 0 atom stereocenters. The lowest BCUT2D eigenvalue weighted by Crippen LogP contribution is -2.53. The minimum Gasteiger partial charge on any atom is -0.494 e. The number of benzene rings is 1. The second-order valence-corrected chi connectivity index (χ2v) is 5.09. The Morgan fingerprint density at radius 1 is 1.37 bits per heavy atom. The molecule has 0 spiro atoms. The van der Waals surface area contributed by atoms with Crippen molar-refractivity contribution in [3.05, 3.63) is 23.8 Å². The summed E-state index contributed by atoms with van der Waals surface area (Å²) in [6, 6.07) is 6.26.